The van der Waals surface area contributed by atoms with E-state index in [1.54, 1.807) is 66.8 Å². The van der Waals surface area contributed by atoms with Gasteiger partial charge in [-0.2, -0.15) is 0 Å². The molecule has 0 saturated carbocycles. The molecule has 4 atom stereocenters. The van der Waals surface area contributed by atoms with Gasteiger partial charge in [0.25, 0.3) is 0 Å². The van der Waals surface area contributed by atoms with E-state index in [1.807, 2.05) is 25.4 Å². The standard InChI is InChI=1S/C18H24N2O4.C13H21NO5.C5H4N.3CH3.Sn/c1-5-14(17(23)24-18(2,3)4)20-11-13(9-15(20)21)16(22)12-7-6-8-19-10-12;1-5-9(12(18)19-13(2,3)4)14-7-8(11(16)17)6-10(14)15;1-2-4-6-5-3-1;;;;/h6-8,10,13-14H,5,9,11H2,1-4H3;8-9H,5-7H2,1-4H3,(H,16,17);1-2,4-5H;3*1H3;. The van der Waals surface area contributed by atoms with E-state index in [0.29, 0.717) is 18.4 Å². The summed E-state index contributed by atoms with van der Waals surface area (Å²) < 4.78 is 12.2. The van der Waals surface area contributed by atoms with E-state index in [9.17, 15) is 28.8 Å². The van der Waals surface area contributed by atoms with Crippen LogP contribution in [0, 0.1) is 11.8 Å². The number of carboxylic acids is 1. The average molecular weight is 846 g/mol. The van der Waals surface area contributed by atoms with Gasteiger partial charge in [0.1, 0.15) is 23.3 Å². The monoisotopic (exact) mass is 846 g/mol. The Morgan fingerprint density at radius 2 is 1.21 bits per heavy atom. The van der Waals surface area contributed by atoms with Gasteiger partial charge < -0.3 is 24.4 Å². The molecule has 0 aliphatic carbocycles. The maximum absolute atomic E-state index is 12.5. The Morgan fingerprint density at radius 1 is 0.774 bits per heavy atom. The van der Waals surface area contributed by atoms with Crippen LogP contribution in [0.4, 0.5) is 0 Å². The summed E-state index contributed by atoms with van der Waals surface area (Å²) in [6, 6.07) is 6.26. The third-order valence-electron chi connectivity index (χ3n) is 8.39. The second kappa shape index (κ2) is 19.4. The van der Waals surface area contributed by atoms with Crippen LogP contribution >= 0.6 is 0 Å². The Hall–Kier alpha value is -3.88. The predicted molar refractivity (Wildman–Crippen MR) is 203 cm³/mol. The van der Waals surface area contributed by atoms with Crippen molar-refractivity contribution in [2.75, 3.05) is 13.1 Å². The van der Waals surface area contributed by atoms with E-state index < -0.39 is 71.4 Å². The summed E-state index contributed by atoms with van der Waals surface area (Å²) in [5, 5.41) is 8.93. The molecule has 292 valence electrons. The third kappa shape index (κ3) is 14.5. The van der Waals surface area contributed by atoms with Crippen molar-refractivity contribution in [3.05, 3.63) is 54.6 Å². The van der Waals surface area contributed by atoms with Crippen LogP contribution in [0.3, 0.4) is 0 Å². The van der Waals surface area contributed by atoms with Gasteiger partial charge in [0.2, 0.25) is 11.8 Å². The van der Waals surface area contributed by atoms with Gasteiger partial charge in [0.15, 0.2) is 5.78 Å². The molecular weight excluding hydrogens is 787 g/mol. The number of nitrogens with zero attached hydrogens (tertiary/aromatic N) is 4. The Morgan fingerprint density at radius 3 is 1.53 bits per heavy atom. The van der Waals surface area contributed by atoms with Gasteiger partial charge in [-0.05, 0) is 66.5 Å². The van der Waals surface area contributed by atoms with E-state index in [-0.39, 0.29) is 43.5 Å². The minimum absolute atomic E-state index is 0.0470. The number of ketones is 1. The quantitative estimate of drug-likeness (QED) is 0.196. The Kier molecular flexibility index (Phi) is 16.6. The van der Waals surface area contributed by atoms with E-state index in [1.165, 1.54) is 19.6 Å². The summed E-state index contributed by atoms with van der Waals surface area (Å²) in [5.74, 6) is -3.68. The Labute approximate surface area is 318 Å². The number of amides is 2. The zero-order valence-corrected chi connectivity index (χ0v) is 36.0. The first kappa shape index (κ1) is 45.3. The van der Waals surface area contributed by atoms with Gasteiger partial charge in [-0.15, -0.1) is 0 Å². The van der Waals surface area contributed by atoms with Crippen LogP contribution in [0.5, 0.6) is 0 Å². The molecule has 2 aliphatic heterocycles. The number of hydrogen-bond acceptors (Lipinski definition) is 10. The summed E-state index contributed by atoms with van der Waals surface area (Å²) in [7, 11) is 0. The third-order valence-corrected chi connectivity index (χ3v) is 14.2. The number of carbonyl (C=O) groups is 6. The van der Waals surface area contributed by atoms with Crippen LogP contribution in [0.2, 0.25) is 14.8 Å². The van der Waals surface area contributed by atoms with E-state index in [4.69, 9.17) is 14.6 Å². The molecule has 4 heterocycles. The molecule has 2 aromatic heterocycles. The first-order valence-corrected chi connectivity index (χ1v) is 28.1. The first-order chi connectivity index (χ1) is 24.5. The number of aliphatic carboxylic acids is 1. The fourth-order valence-electron chi connectivity index (χ4n) is 5.73. The number of hydrogen-bond donors (Lipinski definition) is 1. The molecule has 4 unspecified atom stereocenters. The van der Waals surface area contributed by atoms with E-state index in [2.05, 4.69) is 30.9 Å². The number of carbonyl (C=O) groups excluding carboxylic acids is 5. The van der Waals surface area contributed by atoms with Crippen LogP contribution in [0.15, 0.2) is 49.1 Å². The topological polar surface area (TPSA) is 173 Å². The van der Waals surface area contributed by atoms with Gasteiger partial charge in [-0.3, -0.25) is 24.2 Å². The second-order valence-electron chi connectivity index (χ2n) is 16.2. The summed E-state index contributed by atoms with van der Waals surface area (Å²) >= 11 is -1.77. The number of rotatable bonds is 10. The van der Waals surface area contributed by atoms with Crippen molar-refractivity contribution in [3.63, 3.8) is 0 Å². The van der Waals surface area contributed by atoms with Gasteiger partial charge in [0, 0.05) is 49.8 Å². The molecule has 2 aliphatic rings. The number of esters is 2. The van der Waals surface area contributed by atoms with Crippen molar-refractivity contribution in [3.8, 4) is 0 Å². The van der Waals surface area contributed by atoms with Crippen molar-refractivity contribution in [1.29, 1.82) is 0 Å². The Bertz CT molecular complexity index is 1570. The number of pyridine rings is 2. The van der Waals surface area contributed by atoms with Gasteiger partial charge in [-0.25, -0.2) is 9.59 Å². The van der Waals surface area contributed by atoms with E-state index in [0.717, 1.165) is 0 Å². The number of Topliss-reactive ketones (excluding diaryl/α,β-unsaturated/α-hetero) is 1. The normalized spacial score (nSPS) is 18.5. The Balaban J connectivity index is 0.000000298. The predicted octanol–water partition coefficient (Wildman–Crippen LogP) is 4.90. The van der Waals surface area contributed by atoms with Crippen LogP contribution < -0.4 is 3.58 Å². The fraction of sp³-hybridized carbons (Fsp3) is 0.590. The average Bonchev–Trinajstić information content (AvgIpc) is 3.63. The van der Waals surface area contributed by atoms with Crippen LogP contribution in [0.25, 0.3) is 0 Å². The number of carboxylic acid groups (broad SMARTS) is 1. The number of likely N-dealkylation sites (tertiary alicyclic amines) is 2. The van der Waals surface area contributed by atoms with Crippen LogP contribution in [-0.2, 0) is 33.4 Å². The van der Waals surface area contributed by atoms with Crippen molar-refractivity contribution >= 4 is 57.5 Å². The number of ether oxygens (including phenoxy) is 2. The summed E-state index contributed by atoms with van der Waals surface area (Å²) in [4.78, 5) is 90.0. The van der Waals surface area contributed by atoms with Crippen molar-refractivity contribution < 1.29 is 43.3 Å². The molecule has 13 nitrogen and oxygen atoms in total. The van der Waals surface area contributed by atoms with Crippen molar-refractivity contribution in [2.24, 2.45) is 11.8 Å². The molecule has 0 bridgehead atoms. The molecule has 2 aromatic rings. The summed E-state index contributed by atoms with van der Waals surface area (Å²) in [6.07, 6.45) is 7.87. The van der Waals surface area contributed by atoms with Crippen LogP contribution in [0.1, 0.15) is 91.4 Å². The second-order valence-corrected chi connectivity index (χ2v) is 30.7. The molecule has 2 saturated heterocycles. The number of aromatic nitrogens is 2. The van der Waals surface area contributed by atoms with Gasteiger partial charge >= 0.3 is 84.2 Å². The maximum atomic E-state index is 12.5. The molecular formula is C39H58N4O9Sn. The fourth-order valence-corrected chi connectivity index (χ4v) is 8.75. The molecule has 2 amide bonds. The van der Waals surface area contributed by atoms with Gasteiger partial charge in [-0.1, -0.05) is 13.8 Å². The molecule has 2 fully saturated rings. The molecule has 53 heavy (non-hydrogen) atoms. The zero-order chi connectivity index (χ0) is 40.3. The first-order valence-electron chi connectivity index (χ1n) is 18.1. The molecule has 0 aromatic carbocycles. The van der Waals surface area contributed by atoms with Crippen molar-refractivity contribution in [1.82, 2.24) is 19.8 Å². The van der Waals surface area contributed by atoms with Crippen molar-refractivity contribution in [2.45, 2.75) is 119 Å². The molecule has 0 spiro atoms. The summed E-state index contributed by atoms with van der Waals surface area (Å²) in [5.41, 5.74) is -0.750. The summed E-state index contributed by atoms with van der Waals surface area (Å²) in [6.45, 7) is 14.6. The van der Waals surface area contributed by atoms with Crippen LogP contribution in [-0.4, -0.2) is 115 Å². The van der Waals surface area contributed by atoms with Gasteiger partial charge in [0.05, 0.1) is 5.92 Å². The zero-order valence-electron chi connectivity index (χ0n) is 33.2. The van der Waals surface area contributed by atoms with E-state index >= 15 is 0 Å². The molecule has 14 heteroatoms. The molecule has 1 N–H and O–H groups in total. The molecule has 4 rings (SSSR count). The SMILES string of the molecule is CCC(C(=O)OC(C)(C)C)N1CC(C(=O)O)CC1=O.CCC(C(=O)OC(C)(C)C)N1CC(C(=O)c2cccnc2)CC1=O.[CH3][Sn]([CH3])([CH3])[c]1cccnc1. The molecule has 0 radical (unpaired) electrons. The minimum atomic E-state index is -1.77.